The van der Waals surface area contributed by atoms with E-state index in [1.54, 1.807) is 12.3 Å². The first-order chi connectivity index (χ1) is 7.74. The zero-order chi connectivity index (χ0) is 12.0. The van der Waals surface area contributed by atoms with Crippen molar-refractivity contribution in [1.29, 1.82) is 0 Å². The molecule has 0 atom stereocenters. The van der Waals surface area contributed by atoms with Gasteiger partial charge in [-0.25, -0.2) is 0 Å². The molecule has 0 saturated heterocycles. The zero-order valence-electron chi connectivity index (χ0n) is 9.44. The monoisotopic (exact) mass is 223 g/mol. The zero-order valence-corrected chi connectivity index (χ0v) is 9.44. The minimum atomic E-state index is -0.164. The molecule has 0 fully saturated rings. The highest BCUT2D eigenvalue weighted by Crippen LogP contribution is 2.25. The minimum Gasteiger partial charge on any atom is -0.491 e. The van der Waals surface area contributed by atoms with Gasteiger partial charge in [-0.15, -0.1) is 6.58 Å². The quantitative estimate of drug-likeness (QED) is 0.564. The van der Waals surface area contributed by atoms with Gasteiger partial charge in [0.2, 0.25) is 0 Å². The van der Waals surface area contributed by atoms with Gasteiger partial charge in [-0.2, -0.15) is 0 Å². The summed E-state index contributed by atoms with van der Waals surface area (Å²) in [6, 6.07) is 0. The number of aliphatic hydroxyl groups is 2. The highest BCUT2D eigenvalue weighted by molar-refractivity contribution is 5.41. The first-order valence-electron chi connectivity index (χ1n) is 5.17. The summed E-state index contributed by atoms with van der Waals surface area (Å²) in [5.74, 6) is 0.566. The molecule has 1 aromatic rings. The lowest BCUT2D eigenvalue weighted by molar-refractivity contribution is 0.246. The number of rotatable bonds is 6. The maximum absolute atomic E-state index is 9.27. The van der Waals surface area contributed by atoms with E-state index in [2.05, 4.69) is 11.6 Å². The molecule has 4 nitrogen and oxygen atoms in total. The first kappa shape index (κ1) is 12.7. The molecule has 0 radical (unpaired) electrons. The molecule has 0 aliphatic carbocycles. The van der Waals surface area contributed by atoms with Crippen molar-refractivity contribution in [2.24, 2.45) is 0 Å². The van der Waals surface area contributed by atoms with Gasteiger partial charge in [0.15, 0.2) is 0 Å². The van der Waals surface area contributed by atoms with Gasteiger partial charge >= 0.3 is 0 Å². The molecule has 4 heteroatoms. The second-order valence-corrected chi connectivity index (χ2v) is 3.42. The van der Waals surface area contributed by atoms with Crippen molar-refractivity contribution >= 4 is 0 Å². The van der Waals surface area contributed by atoms with Crippen molar-refractivity contribution in [2.45, 2.75) is 26.6 Å². The van der Waals surface area contributed by atoms with Crippen LogP contribution in [0.2, 0.25) is 0 Å². The van der Waals surface area contributed by atoms with Gasteiger partial charge in [-0.05, 0) is 13.3 Å². The summed E-state index contributed by atoms with van der Waals surface area (Å²) in [5.41, 5.74) is 1.92. The summed E-state index contributed by atoms with van der Waals surface area (Å²) >= 11 is 0. The number of hydrogen-bond donors (Lipinski definition) is 2. The molecule has 88 valence electrons. The largest absolute Gasteiger partial charge is 0.491 e. The van der Waals surface area contributed by atoms with Crippen LogP contribution in [0.15, 0.2) is 18.9 Å². The van der Waals surface area contributed by atoms with E-state index in [-0.39, 0.29) is 13.2 Å². The van der Waals surface area contributed by atoms with E-state index in [0.717, 1.165) is 6.42 Å². The fourth-order valence-electron chi connectivity index (χ4n) is 1.42. The van der Waals surface area contributed by atoms with Gasteiger partial charge in [0.05, 0.1) is 25.5 Å². The summed E-state index contributed by atoms with van der Waals surface area (Å²) in [4.78, 5) is 4.12. The number of hydrogen-bond acceptors (Lipinski definition) is 4. The summed E-state index contributed by atoms with van der Waals surface area (Å²) in [7, 11) is 0. The maximum Gasteiger partial charge on any atom is 0.146 e. The summed E-state index contributed by atoms with van der Waals surface area (Å²) in [6.45, 7) is 5.59. The van der Waals surface area contributed by atoms with Crippen LogP contribution in [-0.2, 0) is 13.2 Å². The normalized spacial score (nSPS) is 10.2. The molecule has 1 rings (SSSR count). The Morgan fingerprint density at radius 1 is 1.44 bits per heavy atom. The smallest absolute Gasteiger partial charge is 0.146 e. The van der Waals surface area contributed by atoms with E-state index >= 15 is 0 Å². The van der Waals surface area contributed by atoms with Crippen LogP contribution in [0, 0.1) is 6.92 Å². The van der Waals surface area contributed by atoms with Crippen LogP contribution in [-0.4, -0.2) is 21.8 Å². The first-order valence-corrected chi connectivity index (χ1v) is 5.17. The van der Waals surface area contributed by atoms with E-state index in [4.69, 9.17) is 9.84 Å². The van der Waals surface area contributed by atoms with Crippen LogP contribution in [0.3, 0.4) is 0 Å². The number of nitrogens with zero attached hydrogens (tertiary/aromatic N) is 1. The molecule has 0 aliphatic heterocycles. The van der Waals surface area contributed by atoms with Gasteiger partial charge in [-0.1, -0.05) is 6.08 Å². The number of aryl methyl sites for hydroxylation is 1. The highest BCUT2D eigenvalue weighted by atomic mass is 16.5. The second kappa shape index (κ2) is 6.25. The van der Waals surface area contributed by atoms with Crippen molar-refractivity contribution in [3.8, 4) is 5.75 Å². The third kappa shape index (κ3) is 2.81. The van der Waals surface area contributed by atoms with Gasteiger partial charge in [0.25, 0.3) is 0 Å². The van der Waals surface area contributed by atoms with Gasteiger partial charge < -0.3 is 14.9 Å². The van der Waals surface area contributed by atoms with Crippen molar-refractivity contribution in [3.05, 3.63) is 35.7 Å². The lowest BCUT2D eigenvalue weighted by Crippen LogP contribution is -2.06. The van der Waals surface area contributed by atoms with Gasteiger partial charge in [-0.3, -0.25) is 4.98 Å². The van der Waals surface area contributed by atoms with E-state index in [0.29, 0.717) is 29.2 Å². The van der Waals surface area contributed by atoms with Crippen molar-refractivity contribution in [2.75, 3.05) is 6.61 Å². The summed E-state index contributed by atoms with van der Waals surface area (Å²) in [5, 5.41) is 18.4. The number of pyridine rings is 1. The molecule has 2 N–H and O–H groups in total. The predicted molar refractivity (Wildman–Crippen MR) is 61.1 cm³/mol. The molecule has 0 saturated carbocycles. The van der Waals surface area contributed by atoms with Crippen LogP contribution >= 0.6 is 0 Å². The molecule has 0 aliphatic rings. The molecule has 0 bridgehead atoms. The number of aliphatic hydroxyl groups excluding tert-OH is 2. The lowest BCUT2D eigenvalue weighted by Gasteiger charge is -2.14. The Balaban J connectivity index is 2.98. The van der Waals surface area contributed by atoms with Crippen LogP contribution in [0.25, 0.3) is 0 Å². The summed E-state index contributed by atoms with van der Waals surface area (Å²) in [6.07, 6.45) is 4.05. The second-order valence-electron chi connectivity index (χ2n) is 3.42. The Kier molecular flexibility index (Phi) is 4.95. The van der Waals surface area contributed by atoms with Crippen LogP contribution < -0.4 is 4.74 Å². The molecule has 1 aromatic heterocycles. The maximum atomic E-state index is 9.27. The number of aromatic nitrogens is 1. The van der Waals surface area contributed by atoms with E-state index in [1.165, 1.54) is 0 Å². The third-order valence-corrected chi connectivity index (χ3v) is 2.30. The number of ether oxygens (including phenoxy) is 1. The molecule has 0 aromatic carbocycles. The molecule has 0 unspecified atom stereocenters. The SMILES string of the molecule is C=CCCOc1c(C)ncc(CO)c1CO. The molecule has 0 spiro atoms. The summed E-state index contributed by atoms with van der Waals surface area (Å²) < 4.78 is 5.54. The Hall–Kier alpha value is -1.39. The fourth-order valence-corrected chi connectivity index (χ4v) is 1.42. The molecule has 0 amide bonds. The predicted octanol–water partition coefficient (Wildman–Crippen LogP) is 1.33. The third-order valence-electron chi connectivity index (χ3n) is 2.30. The topological polar surface area (TPSA) is 62.6 Å². The highest BCUT2D eigenvalue weighted by Gasteiger charge is 2.12. The Morgan fingerprint density at radius 2 is 2.19 bits per heavy atom. The average Bonchev–Trinajstić information content (AvgIpc) is 2.31. The van der Waals surface area contributed by atoms with E-state index in [1.807, 2.05) is 6.92 Å². The molecular weight excluding hydrogens is 206 g/mol. The molecule has 1 heterocycles. The lowest BCUT2D eigenvalue weighted by atomic mass is 10.1. The van der Waals surface area contributed by atoms with Crippen LogP contribution in [0.4, 0.5) is 0 Å². The van der Waals surface area contributed by atoms with Crippen molar-refractivity contribution < 1.29 is 14.9 Å². The van der Waals surface area contributed by atoms with E-state index < -0.39 is 0 Å². The Morgan fingerprint density at radius 3 is 2.75 bits per heavy atom. The van der Waals surface area contributed by atoms with Crippen LogP contribution in [0.5, 0.6) is 5.75 Å². The average molecular weight is 223 g/mol. The fraction of sp³-hybridized carbons (Fsp3) is 0.417. The van der Waals surface area contributed by atoms with Crippen LogP contribution in [0.1, 0.15) is 23.2 Å². The van der Waals surface area contributed by atoms with Gasteiger partial charge in [0, 0.05) is 17.3 Å². The van der Waals surface area contributed by atoms with Crippen molar-refractivity contribution in [1.82, 2.24) is 4.98 Å². The Bertz CT molecular complexity index is 364. The van der Waals surface area contributed by atoms with Crippen molar-refractivity contribution in [3.63, 3.8) is 0 Å². The molecular formula is C12H17NO3. The Labute approximate surface area is 95.2 Å². The standard InChI is InChI=1S/C12H17NO3/c1-3-4-5-16-12-9(2)13-6-10(7-14)11(12)8-15/h3,6,14-15H,1,4-5,7-8H2,2H3. The molecule has 16 heavy (non-hydrogen) atoms. The minimum absolute atomic E-state index is 0.152. The van der Waals surface area contributed by atoms with E-state index in [9.17, 15) is 5.11 Å². The van der Waals surface area contributed by atoms with Gasteiger partial charge in [0.1, 0.15) is 5.75 Å².